The lowest BCUT2D eigenvalue weighted by molar-refractivity contribution is 0.226. The van der Waals surface area contributed by atoms with Gasteiger partial charge in [-0.25, -0.2) is 0 Å². The molecule has 1 aromatic rings. The maximum atomic E-state index is 4.43. The van der Waals surface area contributed by atoms with Gasteiger partial charge in [-0.05, 0) is 48.3 Å². The van der Waals surface area contributed by atoms with E-state index in [2.05, 4.69) is 41.7 Å². The normalized spacial score (nSPS) is 25.9. The molecule has 2 aliphatic rings. The van der Waals surface area contributed by atoms with Gasteiger partial charge in [-0.15, -0.1) is 0 Å². The molecule has 3 rings (SSSR count). The van der Waals surface area contributed by atoms with Gasteiger partial charge in [-0.1, -0.05) is 12.8 Å². The van der Waals surface area contributed by atoms with E-state index in [-0.39, 0.29) is 0 Å². The van der Waals surface area contributed by atoms with Gasteiger partial charge in [0.25, 0.3) is 0 Å². The molecule has 1 unspecified atom stereocenters. The van der Waals surface area contributed by atoms with Gasteiger partial charge in [0, 0.05) is 32.4 Å². The largest absolute Gasteiger partial charge is 0.302 e. The number of aromatic nitrogens is 2. The van der Waals surface area contributed by atoms with Crippen LogP contribution in [0, 0.1) is 0 Å². The average Bonchev–Trinajstić information content (AvgIpc) is 3.00. The molecule has 0 amide bonds. The van der Waals surface area contributed by atoms with Crippen molar-refractivity contribution in [2.45, 2.75) is 38.1 Å². The van der Waals surface area contributed by atoms with Crippen molar-refractivity contribution in [1.82, 2.24) is 19.6 Å². The summed E-state index contributed by atoms with van der Waals surface area (Å²) < 4.78 is 3.20. The van der Waals surface area contributed by atoms with Crippen molar-refractivity contribution < 1.29 is 0 Å². The molecule has 4 nitrogen and oxygen atoms in total. The molecule has 0 bridgehead atoms. The van der Waals surface area contributed by atoms with E-state index in [1.807, 2.05) is 6.20 Å². The molecule has 0 N–H and O–H groups in total. The first kappa shape index (κ1) is 14.5. The maximum Gasteiger partial charge on any atom is 0.0658 e. The lowest BCUT2D eigenvalue weighted by Crippen LogP contribution is -2.34. The highest BCUT2D eigenvalue weighted by molar-refractivity contribution is 9.10. The highest BCUT2D eigenvalue weighted by Crippen LogP contribution is 2.22. The molecule has 2 aliphatic heterocycles. The highest BCUT2D eigenvalue weighted by atomic mass is 79.9. The molecule has 0 aromatic carbocycles. The standard InChI is InChI=1S/C15H25BrN4/c16-14-11-17-20(12-14)15-5-8-19(13-15)10-9-18-6-3-1-2-4-7-18/h11-12,15H,1-10,13H2. The van der Waals surface area contributed by atoms with Crippen LogP contribution >= 0.6 is 15.9 Å². The monoisotopic (exact) mass is 340 g/mol. The van der Waals surface area contributed by atoms with Crippen LogP contribution in [0.5, 0.6) is 0 Å². The number of likely N-dealkylation sites (tertiary alicyclic amines) is 2. The zero-order chi connectivity index (χ0) is 13.8. The molecule has 112 valence electrons. The third kappa shape index (κ3) is 3.83. The van der Waals surface area contributed by atoms with Crippen LogP contribution in [0.15, 0.2) is 16.9 Å². The first-order valence-corrected chi connectivity index (χ1v) is 8.75. The fraction of sp³-hybridized carbons (Fsp3) is 0.800. The smallest absolute Gasteiger partial charge is 0.0658 e. The molecule has 3 heterocycles. The summed E-state index contributed by atoms with van der Waals surface area (Å²) in [5, 5.41) is 4.43. The van der Waals surface area contributed by atoms with Crippen LogP contribution in [-0.2, 0) is 0 Å². The van der Waals surface area contributed by atoms with E-state index in [9.17, 15) is 0 Å². The molecule has 1 aromatic heterocycles. The lowest BCUT2D eigenvalue weighted by Gasteiger charge is -2.23. The van der Waals surface area contributed by atoms with E-state index in [0.717, 1.165) is 11.0 Å². The van der Waals surface area contributed by atoms with Crippen molar-refractivity contribution in [1.29, 1.82) is 0 Å². The summed E-state index contributed by atoms with van der Waals surface area (Å²) >= 11 is 3.48. The molecule has 0 radical (unpaired) electrons. The zero-order valence-electron chi connectivity index (χ0n) is 12.2. The van der Waals surface area contributed by atoms with Crippen LogP contribution in [0.3, 0.4) is 0 Å². The van der Waals surface area contributed by atoms with E-state index in [1.165, 1.54) is 64.8 Å². The summed E-state index contributed by atoms with van der Waals surface area (Å²) in [4.78, 5) is 5.26. The van der Waals surface area contributed by atoms with Crippen molar-refractivity contribution in [3.8, 4) is 0 Å². The maximum absolute atomic E-state index is 4.43. The Morgan fingerprint density at radius 3 is 2.50 bits per heavy atom. The first-order valence-electron chi connectivity index (χ1n) is 7.95. The second kappa shape index (κ2) is 7.05. The van der Waals surface area contributed by atoms with Crippen LogP contribution in [-0.4, -0.2) is 58.8 Å². The second-order valence-corrected chi connectivity index (χ2v) is 7.05. The Kier molecular flexibility index (Phi) is 5.13. The Morgan fingerprint density at radius 2 is 1.80 bits per heavy atom. The van der Waals surface area contributed by atoms with E-state index >= 15 is 0 Å². The van der Waals surface area contributed by atoms with E-state index < -0.39 is 0 Å². The van der Waals surface area contributed by atoms with Gasteiger partial charge in [-0.3, -0.25) is 9.58 Å². The van der Waals surface area contributed by atoms with Crippen molar-refractivity contribution >= 4 is 15.9 Å². The molecule has 0 saturated carbocycles. The Morgan fingerprint density at radius 1 is 1.05 bits per heavy atom. The minimum Gasteiger partial charge on any atom is -0.302 e. The molecule has 2 saturated heterocycles. The minimum absolute atomic E-state index is 0.561. The Bertz CT molecular complexity index is 412. The molecule has 5 heteroatoms. The number of hydrogen-bond acceptors (Lipinski definition) is 3. The van der Waals surface area contributed by atoms with Crippen LogP contribution in [0.1, 0.15) is 38.1 Å². The molecule has 0 aliphatic carbocycles. The summed E-state index contributed by atoms with van der Waals surface area (Å²) in [5.74, 6) is 0. The predicted molar refractivity (Wildman–Crippen MR) is 84.9 cm³/mol. The highest BCUT2D eigenvalue weighted by Gasteiger charge is 2.24. The SMILES string of the molecule is Brc1cnn(C2CCN(CCN3CCCCCC3)C2)c1. The van der Waals surface area contributed by atoms with Crippen LogP contribution in [0.2, 0.25) is 0 Å². The van der Waals surface area contributed by atoms with Crippen molar-refractivity contribution in [2.24, 2.45) is 0 Å². The summed E-state index contributed by atoms with van der Waals surface area (Å²) in [5.41, 5.74) is 0. The number of nitrogens with zero attached hydrogens (tertiary/aromatic N) is 4. The fourth-order valence-electron chi connectivity index (χ4n) is 3.39. The second-order valence-electron chi connectivity index (χ2n) is 6.14. The predicted octanol–water partition coefficient (Wildman–Crippen LogP) is 2.77. The van der Waals surface area contributed by atoms with Crippen molar-refractivity contribution in [3.63, 3.8) is 0 Å². The minimum atomic E-state index is 0.561. The third-order valence-corrected chi connectivity index (χ3v) is 5.03. The molecular weight excluding hydrogens is 316 g/mol. The molecular formula is C15H25BrN4. The molecule has 20 heavy (non-hydrogen) atoms. The summed E-state index contributed by atoms with van der Waals surface area (Å²) in [7, 11) is 0. The van der Waals surface area contributed by atoms with Gasteiger partial charge in [0.15, 0.2) is 0 Å². The van der Waals surface area contributed by atoms with Crippen LogP contribution < -0.4 is 0 Å². The Labute approximate surface area is 130 Å². The number of halogens is 1. The summed E-state index contributed by atoms with van der Waals surface area (Å²) in [6.07, 6.45) is 10.9. The third-order valence-electron chi connectivity index (χ3n) is 4.62. The van der Waals surface area contributed by atoms with E-state index in [0.29, 0.717) is 6.04 Å². The van der Waals surface area contributed by atoms with E-state index in [4.69, 9.17) is 0 Å². The van der Waals surface area contributed by atoms with Gasteiger partial charge in [0.05, 0.1) is 16.7 Å². The molecule has 1 atom stereocenters. The van der Waals surface area contributed by atoms with Crippen molar-refractivity contribution in [2.75, 3.05) is 39.3 Å². The average molecular weight is 341 g/mol. The first-order chi connectivity index (χ1) is 9.81. The van der Waals surface area contributed by atoms with Gasteiger partial charge in [-0.2, -0.15) is 5.10 Å². The van der Waals surface area contributed by atoms with Crippen LogP contribution in [0.4, 0.5) is 0 Å². The Balaban J connectivity index is 1.43. The Hall–Kier alpha value is -0.390. The van der Waals surface area contributed by atoms with Gasteiger partial charge < -0.3 is 4.90 Å². The van der Waals surface area contributed by atoms with Gasteiger partial charge in [0.1, 0.15) is 0 Å². The van der Waals surface area contributed by atoms with Crippen LogP contribution in [0.25, 0.3) is 0 Å². The van der Waals surface area contributed by atoms with Gasteiger partial charge in [0.2, 0.25) is 0 Å². The lowest BCUT2D eigenvalue weighted by atomic mass is 10.2. The molecule has 2 fully saturated rings. The quantitative estimate of drug-likeness (QED) is 0.842. The summed E-state index contributed by atoms with van der Waals surface area (Å²) in [6, 6.07) is 0.561. The summed E-state index contributed by atoms with van der Waals surface area (Å²) in [6.45, 7) is 7.46. The topological polar surface area (TPSA) is 24.3 Å². The fourth-order valence-corrected chi connectivity index (χ4v) is 3.69. The zero-order valence-corrected chi connectivity index (χ0v) is 13.8. The van der Waals surface area contributed by atoms with E-state index in [1.54, 1.807) is 0 Å². The number of hydrogen-bond donors (Lipinski definition) is 0. The van der Waals surface area contributed by atoms with Gasteiger partial charge >= 0.3 is 0 Å². The molecule has 0 spiro atoms. The number of rotatable bonds is 4. The van der Waals surface area contributed by atoms with Crippen molar-refractivity contribution in [3.05, 3.63) is 16.9 Å².